The predicted molar refractivity (Wildman–Crippen MR) is 73.1 cm³/mol. The highest BCUT2D eigenvalue weighted by molar-refractivity contribution is 5.01. The molecule has 0 unspecified atom stereocenters. The maximum atomic E-state index is 5.71. The molecular weight excluding hydrogens is 236 g/mol. The smallest absolute Gasteiger partial charge is 0.146 e. The summed E-state index contributed by atoms with van der Waals surface area (Å²) in [5.74, 6) is 4.06. The van der Waals surface area contributed by atoms with Gasteiger partial charge in [0.25, 0.3) is 0 Å². The first-order valence-electron chi connectivity index (χ1n) is 7.83. The molecule has 4 nitrogen and oxygen atoms in total. The van der Waals surface area contributed by atoms with E-state index >= 15 is 0 Å². The van der Waals surface area contributed by atoms with Crippen LogP contribution in [0.2, 0.25) is 0 Å². The van der Waals surface area contributed by atoms with E-state index in [4.69, 9.17) is 5.73 Å². The molecule has 4 aliphatic rings. The van der Waals surface area contributed by atoms with Gasteiger partial charge in [-0.05, 0) is 68.1 Å². The van der Waals surface area contributed by atoms with E-state index in [0.29, 0.717) is 12.0 Å². The highest BCUT2D eigenvalue weighted by atomic mass is 15.3. The first-order chi connectivity index (χ1) is 9.26. The molecule has 1 aromatic heterocycles. The molecule has 0 amide bonds. The number of nitrogens with zero attached hydrogens (tertiary/aromatic N) is 3. The molecule has 4 bridgehead atoms. The van der Waals surface area contributed by atoms with E-state index in [1.54, 1.807) is 0 Å². The van der Waals surface area contributed by atoms with E-state index in [2.05, 4.69) is 14.8 Å². The Balaban J connectivity index is 1.48. The van der Waals surface area contributed by atoms with E-state index in [0.717, 1.165) is 30.1 Å². The van der Waals surface area contributed by atoms with Crippen molar-refractivity contribution in [2.75, 3.05) is 0 Å². The zero-order valence-electron chi connectivity index (χ0n) is 11.6. The second-order valence-corrected chi connectivity index (χ2v) is 7.31. The van der Waals surface area contributed by atoms with E-state index in [1.165, 1.54) is 44.9 Å². The van der Waals surface area contributed by atoms with E-state index in [1.807, 2.05) is 6.33 Å². The molecule has 4 heteroatoms. The van der Waals surface area contributed by atoms with Gasteiger partial charge >= 0.3 is 0 Å². The lowest BCUT2D eigenvalue weighted by atomic mass is 9.49. The van der Waals surface area contributed by atoms with Gasteiger partial charge in [0, 0.05) is 6.54 Å². The highest BCUT2D eigenvalue weighted by Gasteiger charge is 2.50. The van der Waals surface area contributed by atoms with Gasteiger partial charge in [-0.25, -0.2) is 0 Å². The van der Waals surface area contributed by atoms with Crippen LogP contribution in [0.1, 0.15) is 50.8 Å². The lowest BCUT2D eigenvalue weighted by Gasteiger charge is -2.57. The molecule has 2 N–H and O–H groups in total. The average molecular weight is 260 g/mol. The molecule has 0 radical (unpaired) electrons. The largest absolute Gasteiger partial charge is 0.324 e. The van der Waals surface area contributed by atoms with Gasteiger partial charge in [0.1, 0.15) is 12.2 Å². The molecule has 1 heterocycles. The fraction of sp³-hybridized carbons (Fsp3) is 0.867. The minimum atomic E-state index is 0.501. The number of hydrogen-bond acceptors (Lipinski definition) is 3. The van der Waals surface area contributed by atoms with Crippen molar-refractivity contribution in [1.29, 1.82) is 0 Å². The minimum absolute atomic E-state index is 0.501. The molecule has 0 saturated heterocycles. The lowest BCUT2D eigenvalue weighted by molar-refractivity contribution is -0.0592. The zero-order valence-corrected chi connectivity index (χ0v) is 11.6. The quantitative estimate of drug-likeness (QED) is 0.904. The summed E-state index contributed by atoms with van der Waals surface area (Å²) in [7, 11) is 0. The van der Waals surface area contributed by atoms with Crippen molar-refractivity contribution in [3.05, 3.63) is 12.2 Å². The van der Waals surface area contributed by atoms with Crippen molar-refractivity contribution in [1.82, 2.24) is 14.8 Å². The average Bonchev–Trinajstić information content (AvgIpc) is 2.82. The predicted octanol–water partition coefficient (Wildman–Crippen LogP) is 2.34. The first-order valence-corrected chi connectivity index (χ1v) is 7.83. The Kier molecular flexibility index (Phi) is 2.69. The van der Waals surface area contributed by atoms with Crippen molar-refractivity contribution in [2.24, 2.45) is 28.9 Å². The number of rotatable bonds is 4. The van der Waals surface area contributed by atoms with Gasteiger partial charge in [0.15, 0.2) is 0 Å². The van der Waals surface area contributed by atoms with Crippen molar-refractivity contribution >= 4 is 0 Å². The Morgan fingerprint density at radius 3 is 2.37 bits per heavy atom. The van der Waals surface area contributed by atoms with Gasteiger partial charge in [-0.2, -0.15) is 0 Å². The van der Waals surface area contributed by atoms with Gasteiger partial charge in [0.2, 0.25) is 0 Å². The molecule has 4 saturated carbocycles. The number of aryl methyl sites for hydroxylation is 1. The van der Waals surface area contributed by atoms with Crippen LogP contribution in [0.4, 0.5) is 0 Å². The lowest BCUT2D eigenvalue weighted by Crippen LogP contribution is -2.46. The third kappa shape index (κ3) is 2.00. The van der Waals surface area contributed by atoms with Gasteiger partial charge in [-0.3, -0.25) is 0 Å². The summed E-state index contributed by atoms with van der Waals surface area (Å²) in [4.78, 5) is 0. The van der Waals surface area contributed by atoms with Crippen LogP contribution in [0.3, 0.4) is 0 Å². The molecule has 0 spiro atoms. The van der Waals surface area contributed by atoms with Crippen molar-refractivity contribution in [3.63, 3.8) is 0 Å². The van der Waals surface area contributed by atoms with Crippen LogP contribution in [0, 0.1) is 23.2 Å². The summed E-state index contributed by atoms with van der Waals surface area (Å²) in [6.07, 6.45) is 12.2. The summed E-state index contributed by atoms with van der Waals surface area (Å²) < 4.78 is 2.17. The summed E-state index contributed by atoms with van der Waals surface area (Å²) >= 11 is 0. The van der Waals surface area contributed by atoms with Gasteiger partial charge in [0.05, 0.1) is 6.54 Å². The normalized spacial score (nSPS) is 39.9. The summed E-state index contributed by atoms with van der Waals surface area (Å²) in [6.45, 7) is 1.56. The molecular formula is C15H24N4. The van der Waals surface area contributed by atoms with Gasteiger partial charge in [-0.15, -0.1) is 10.2 Å². The molecule has 4 aliphatic carbocycles. The van der Waals surface area contributed by atoms with E-state index in [9.17, 15) is 0 Å². The monoisotopic (exact) mass is 260 g/mol. The van der Waals surface area contributed by atoms with Crippen LogP contribution in [0.25, 0.3) is 0 Å². The maximum absolute atomic E-state index is 5.71. The molecule has 0 aliphatic heterocycles. The molecule has 19 heavy (non-hydrogen) atoms. The van der Waals surface area contributed by atoms with Crippen LogP contribution < -0.4 is 5.73 Å². The Morgan fingerprint density at radius 1 is 1.16 bits per heavy atom. The van der Waals surface area contributed by atoms with Crippen LogP contribution >= 0.6 is 0 Å². The van der Waals surface area contributed by atoms with Crippen LogP contribution in [-0.4, -0.2) is 14.8 Å². The topological polar surface area (TPSA) is 56.7 Å². The van der Waals surface area contributed by atoms with Crippen molar-refractivity contribution in [2.45, 2.75) is 58.0 Å². The molecule has 104 valence electrons. The first kappa shape index (κ1) is 11.9. The summed E-state index contributed by atoms with van der Waals surface area (Å²) in [6, 6.07) is 0. The number of aromatic nitrogens is 3. The zero-order chi connectivity index (χ0) is 12.9. The van der Waals surface area contributed by atoms with E-state index < -0.39 is 0 Å². The molecule has 1 aromatic rings. The summed E-state index contributed by atoms with van der Waals surface area (Å²) in [5.41, 5.74) is 6.35. The van der Waals surface area contributed by atoms with Gasteiger partial charge in [-0.1, -0.05) is 0 Å². The Bertz CT molecular complexity index is 429. The van der Waals surface area contributed by atoms with Crippen molar-refractivity contribution in [3.8, 4) is 0 Å². The second-order valence-electron chi connectivity index (χ2n) is 7.31. The summed E-state index contributed by atoms with van der Waals surface area (Å²) in [5, 5.41) is 8.08. The Morgan fingerprint density at radius 2 is 1.79 bits per heavy atom. The number of nitrogens with two attached hydrogens (primary N) is 1. The standard InChI is InChI=1S/C15H24N4/c16-9-14-18-17-10-19(14)2-1-15-6-11-3-12(7-15)5-13(4-11)8-15/h10-13H,1-9,16H2. The fourth-order valence-corrected chi connectivity index (χ4v) is 5.58. The third-order valence-electron chi connectivity index (χ3n) is 5.93. The molecule has 0 aromatic carbocycles. The molecule has 4 fully saturated rings. The Hall–Kier alpha value is -0.900. The molecule has 0 atom stereocenters. The fourth-order valence-electron chi connectivity index (χ4n) is 5.58. The van der Waals surface area contributed by atoms with Gasteiger partial charge < -0.3 is 10.3 Å². The van der Waals surface area contributed by atoms with E-state index in [-0.39, 0.29) is 0 Å². The Labute approximate surface area is 114 Å². The SMILES string of the molecule is NCc1nncn1CCC12CC3CC(CC(C3)C1)C2. The third-order valence-corrected chi connectivity index (χ3v) is 5.93. The van der Waals surface area contributed by atoms with Crippen LogP contribution in [0.5, 0.6) is 0 Å². The minimum Gasteiger partial charge on any atom is -0.324 e. The second kappa shape index (κ2) is 4.30. The van der Waals surface area contributed by atoms with Crippen LogP contribution in [0.15, 0.2) is 6.33 Å². The molecule has 5 rings (SSSR count). The maximum Gasteiger partial charge on any atom is 0.146 e. The number of hydrogen-bond donors (Lipinski definition) is 1. The highest BCUT2D eigenvalue weighted by Crippen LogP contribution is 2.61. The van der Waals surface area contributed by atoms with Crippen molar-refractivity contribution < 1.29 is 0 Å². The van der Waals surface area contributed by atoms with Crippen LogP contribution in [-0.2, 0) is 13.1 Å².